The van der Waals surface area contributed by atoms with Crippen LogP contribution in [0.2, 0.25) is 0 Å². The van der Waals surface area contributed by atoms with Crippen LogP contribution in [-0.2, 0) is 4.79 Å². The van der Waals surface area contributed by atoms with E-state index in [9.17, 15) is 9.59 Å². The molecule has 0 radical (unpaired) electrons. The van der Waals surface area contributed by atoms with E-state index in [1.54, 1.807) is 4.90 Å². The normalized spacial score (nSPS) is 28.8. The third-order valence-electron chi connectivity index (χ3n) is 3.98. The van der Waals surface area contributed by atoms with Crippen molar-refractivity contribution in [2.45, 2.75) is 37.9 Å². The molecule has 2 fully saturated rings. The van der Waals surface area contributed by atoms with Gasteiger partial charge in [-0.25, -0.2) is 9.59 Å². The highest BCUT2D eigenvalue weighted by atomic mass is 16.4. The fourth-order valence-corrected chi connectivity index (χ4v) is 2.89. The molecule has 7 heteroatoms. The number of rotatable bonds is 3. The Kier molecular flexibility index (Phi) is 4.26. The number of aliphatic hydroxyl groups is 1. The summed E-state index contributed by atoms with van der Waals surface area (Å²) >= 11 is 0. The van der Waals surface area contributed by atoms with Gasteiger partial charge in [0.25, 0.3) is 0 Å². The molecule has 2 saturated heterocycles. The van der Waals surface area contributed by atoms with Gasteiger partial charge in [-0.05, 0) is 26.3 Å². The molecule has 2 rings (SSSR count). The Balaban J connectivity index is 1.96. The first-order valence-electron chi connectivity index (χ1n) is 6.67. The number of carboxylic acids is 1. The monoisotopic (exact) mass is 271 g/mol. The lowest BCUT2D eigenvalue weighted by Crippen LogP contribution is -2.60. The van der Waals surface area contributed by atoms with Gasteiger partial charge < -0.3 is 20.4 Å². The highest BCUT2D eigenvalue weighted by Gasteiger charge is 2.37. The largest absolute Gasteiger partial charge is 0.480 e. The van der Waals surface area contributed by atoms with E-state index in [1.165, 1.54) is 0 Å². The number of nitrogens with one attached hydrogen (secondary N) is 1. The van der Waals surface area contributed by atoms with E-state index in [-0.39, 0.29) is 6.04 Å². The number of amides is 2. The molecular weight excluding hydrogens is 250 g/mol. The molecule has 108 valence electrons. The number of aliphatic carboxylic acids is 1. The topological polar surface area (TPSA) is 93.1 Å². The summed E-state index contributed by atoms with van der Waals surface area (Å²) in [6.45, 7) is 3.90. The maximum Gasteiger partial charge on any atom is 0.328 e. The average molecular weight is 271 g/mol. The molecule has 2 aliphatic heterocycles. The van der Waals surface area contributed by atoms with Crippen LogP contribution in [0.1, 0.15) is 19.8 Å². The van der Waals surface area contributed by atoms with Crippen molar-refractivity contribution in [3.63, 3.8) is 0 Å². The molecule has 19 heavy (non-hydrogen) atoms. The molecule has 2 heterocycles. The Hall–Kier alpha value is -1.34. The molecule has 3 N–H and O–H groups in total. The summed E-state index contributed by atoms with van der Waals surface area (Å²) in [6, 6.07) is -1.19. The summed E-state index contributed by atoms with van der Waals surface area (Å²) < 4.78 is 0. The van der Waals surface area contributed by atoms with Crippen LogP contribution in [0.25, 0.3) is 0 Å². The molecule has 0 aromatic carbocycles. The van der Waals surface area contributed by atoms with Crippen LogP contribution in [0, 0.1) is 0 Å². The van der Waals surface area contributed by atoms with Crippen molar-refractivity contribution < 1.29 is 19.8 Å². The standard InChI is InChI=1S/C12H21N3O4/c1-8-5-14-4-2-3-9(14)6-15(8)12(19)13-10(7-16)11(17)18/h8-10,16H,2-7H2,1H3,(H,13,19)(H,17,18)/t8?,9?,10-/m1/s1. The van der Waals surface area contributed by atoms with Crippen LogP contribution >= 0.6 is 0 Å². The van der Waals surface area contributed by atoms with Gasteiger partial charge in [0.15, 0.2) is 6.04 Å². The number of hydrogen-bond donors (Lipinski definition) is 3. The fraction of sp³-hybridized carbons (Fsp3) is 0.833. The second-order valence-corrected chi connectivity index (χ2v) is 5.32. The smallest absolute Gasteiger partial charge is 0.328 e. The number of carbonyl (C=O) groups excluding carboxylic acids is 1. The second kappa shape index (κ2) is 5.75. The Bertz CT molecular complexity index is 363. The van der Waals surface area contributed by atoms with Gasteiger partial charge in [-0.1, -0.05) is 0 Å². The van der Waals surface area contributed by atoms with Crippen molar-refractivity contribution in [1.29, 1.82) is 0 Å². The van der Waals surface area contributed by atoms with Crippen molar-refractivity contribution >= 4 is 12.0 Å². The number of urea groups is 1. The lowest BCUT2D eigenvalue weighted by atomic mass is 10.1. The van der Waals surface area contributed by atoms with Gasteiger partial charge in [0.2, 0.25) is 0 Å². The first kappa shape index (κ1) is 14.1. The molecule has 0 saturated carbocycles. The SMILES string of the molecule is CC1CN2CCCC2CN1C(=O)N[C@H](CO)C(=O)O. The van der Waals surface area contributed by atoms with E-state index >= 15 is 0 Å². The van der Waals surface area contributed by atoms with Crippen molar-refractivity contribution in [2.75, 3.05) is 26.2 Å². The van der Waals surface area contributed by atoms with Gasteiger partial charge in [-0.15, -0.1) is 0 Å². The van der Waals surface area contributed by atoms with Crippen LogP contribution in [0.3, 0.4) is 0 Å². The summed E-state index contributed by atoms with van der Waals surface area (Å²) in [5, 5.41) is 20.1. The minimum Gasteiger partial charge on any atom is -0.480 e. The quantitative estimate of drug-likeness (QED) is 0.632. The maximum absolute atomic E-state index is 12.1. The summed E-state index contributed by atoms with van der Waals surface area (Å²) in [4.78, 5) is 27.0. The van der Waals surface area contributed by atoms with E-state index in [2.05, 4.69) is 10.2 Å². The summed E-state index contributed by atoms with van der Waals surface area (Å²) in [5.41, 5.74) is 0. The zero-order chi connectivity index (χ0) is 14.0. The van der Waals surface area contributed by atoms with Crippen molar-refractivity contribution in [3.05, 3.63) is 0 Å². The molecule has 2 unspecified atom stereocenters. The highest BCUT2D eigenvalue weighted by molar-refractivity contribution is 5.82. The summed E-state index contributed by atoms with van der Waals surface area (Å²) in [6.07, 6.45) is 2.24. The third kappa shape index (κ3) is 2.98. The number of aliphatic hydroxyl groups excluding tert-OH is 1. The van der Waals surface area contributed by atoms with Gasteiger partial charge in [0, 0.05) is 25.2 Å². The molecule has 0 aliphatic carbocycles. The summed E-state index contributed by atoms with van der Waals surface area (Å²) in [5.74, 6) is -1.22. The van der Waals surface area contributed by atoms with Crippen molar-refractivity contribution in [1.82, 2.24) is 15.1 Å². The highest BCUT2D eigenvalue weighted by Crippen LogP contribution is 2.24. The number of carboxylic acid groups (broad SMARTS) is 1. The third-order valence-corrected chi connectivity index (χ3v) is 3.98. The minimum absolute atomic E-state index is 0.0579. The number of fused-ring (bicyclic) bond motifs is 1. The van der Waals surface area contributed by atoms with E-state index in [0.29, 0.717) is 12.6 Å². The zero-order valence-corrected chi connectivity index (χ0v) is 11.1. The Morgan fingerprint density at radius 3 is 2.79 bits per heavy atom. The molecule has 2 amide bonds. The van der Waals surface area contributed by atoms with Gasteiger partial charge in [0.1, 0.15) is 0 Å². The Morgan fingerprint density at radius 1 is 1.42 bits per heavy atom. The van der Waals surface area contributed by atoms with E-state index in [1.807, 2.05) is 6.92 Å². The predicted octanol–water partition coefficient (Wildman–Crippen LogP) is -0.690. The Morgan fingerprint density at radius 2 is 2.16 bits per heavy atom. The van der Waals surface area contributed by atoms with Crippen molar-refractivity contribution in [2.24, 2.45) is 0 Å². The Labute approximate surface area is 112 Å². The van der Waals surface area contributed by atoms with Crippen LogP contribution in [-0.4, -0.2) is 76.4 Å². The van der Waals surface area contributed by atoms with Gasteiger partial charge in [0.05, 0.1) is 6.61 Å². The average Bonchev–Trinajstić information content (AvgIpc) is 2.81. The number of nitrogens with zero attached hydrogens (tertiary/aromatic N) is 2. The molecule has 0 aromatic rings. The molecule has 0 spiro atoms. The molecular formula is C12H21N3O4. The molecule has 0 bridgehead atoms. The fourth-order valence-electron chi connectivity index (χ4n) is 2.89. The van der Waals surface area contributed by atoms with Crippen molar-refractivity contribution in [3.8, 4) is 0 Å². The second-order valence-electron chi connectivity index (χ2n) is 5.32. The van der Waals surface area contributed by atoms with Crippen LogP contribution in [0.15, 0.2) is 0 Å². The van der Waals surface area contributed by atoms with Gasteiger partial charge in [-0.3, -0.25) is 4.90 Å². The first-order valence-corrected chi connectivity index (χ1v) is 6.67. The minimum atomic E-state index is -1.23. The first-order chi connectivity index (χ1) is 9.02. The molecule has 0 aromatic heterocycles. The van der Waals surface area contributed by atoms with E-state index < -0.39 is 24.6 Å². The van der Waals surface area contributed by atoms with E-state index in [4.69, 9.17) is 10.2 Å². The maximum atomic E-state index is 12.1. The zero-order valence-electron chi connectivity index (χ0n) is 11.1. The van der Waals surface area contributed by atoms with Crippen LogP contribution in [0.4, 0.5) is 4.79 Å². The van der Waals surface area contributed by atoms with Gasteiger partial charge in [-0.2, -0.15) is 0 Å². The van der Waals surface area contributed by atoms with Gasteiger partial charge >= 0.3 is 12.0 Å². The lowest BCUT2D eigenvalue weighted by molar-refractivity contribution is -0.140. The predicted molar refractivity (Wildman–Crippen MR) is 67.8 cm³/mol. The van der Waals surface area contributed by atoms with E-state index in [0.717, 1.165) is 25.9 Å². The summed E-state index contributed by atoms with van der Waals surface area (Å²) in [7, 11) is 0. The lowest BCUT2D eigenvalue weighted by Gasteiger charge is -2.42. The number of hydrogen-bond acceptors (Lipinski definition) is 4. The van der Waals surface area contributed by atoms with Crippen LogP contribution in [0.5, 0.6) is 0 Å². The molecule has 2 aliphatic rings. The molecule has 7 nitrogen and oxygen atoms in total. The molecule has 3 atom stereocenters. The van der Waals surface area contributed by atoms with Crippen LogP contribution < -0.4 is 5.32 Å². The number of piperazine rings is 1. The number of carbonyl (C=O) groups is 2.